The minimum Gasteiger partial charge on any atom is -0.493 e. The summed E-state index contributed by atoms with van der Waals surface area (Å²) >= 11 is 0. The topological polar surface area (TPSA) is 95.6 Å². The number of benzene rings is 3. The lowest BCUT2D eigenvalue weighted by molar-refractivity contribution is -0.143. The maximum absolute atomic E-state index is 14.2. The molecular weight excluding hydrogens is 512 g/mol. The molecule has 1 N–H and O–H groups in total. The maximum atomic E-state index is 14.2. The van der Waals surface area contributed by atoms with Crippen LogP contribution in [0.5, 0.6) is 23.0 Å². The molecular formula is C31H30N2O7. The SMILES string of the molecule is COc1cc(C(=O)Oc2cc3c4c(c2)[C@@]2(Nc5ccccc5CO2)C(=O)N4C(C)(C)C=C3C)cc(OC)c1OC. The van der Waals surface area contributed by atoms with Crippen molar-refractivity contribution in [2.45, 2.75) is 38.6 Å². The molecule has 3 aromatic rings. The van der Waals surface area contributed by atoms with E-state index < -0.39 is 17.2 Å². The van der Waals surface area contributed by atoms with Crippen LogP contribution in [0.2, 0.25) is 0 Å². The van der Waals surface area contributed by atoms with E-state index in [1.807, 2.05) is 51.1 Å². The third-order valence-electron chi connectivity index (χ3n) is 7.64. The Morgan fingerprint density at radius 2 is 1.70 bits per heavy atom. The number of hydrogen-bond acceptors (Lipinski definition) is 8. The summed E-state index contributed by atoms with van der Waals surface area (Å²) in [6, 6.07) is 14.3. The first-order chi connectivity index (χ1) is 19.1. The number of methoxy groups -OCH3 is 3. The molecule has 9 nitrogen and oxygen atoms in total. The van der Waals surface area contributed by atoms with Gasteiger partial charge in [0.15, 0.2) is 11.5 Å². The highest BCUT2D eigenvalue weighted by Gasteiger charge is 2.59. The van der Waals surface area contributed by atoms with E-state index >= 15 is 0 Å². The molecule has 1 amide bonds. The average molecular weight is 543 g/mol. The average Bonchev–Trinajstić information content (AvgIpc) is 3.18. The molecule has 206 valence electrons. The predicted molar refractivity (Wildman–Crippen MR) is 149 cm³/mol. The predicted octanol–water partition coefficient (Wildman–Crippen LogP) is 5.27. The minimum absolute atomic E-state index is 0.213. The Morgan fingerprint density at radius 1 is 1.00 bits per heavy atom. The van der Waals surface area contributed by atoms with E-state index in [1.165, 1.54) is 33.5 Å². The molecule has 3 aliphatic heterocycles. The van der Waals surface area contributed by atoms with Crippen LogP contribution in [-0.2, 0) is 21.9 Å². The van der Waals surface area contributed by atoms with Crippen LogP contribution in [0.25, 0.3) is 5.57 Å². The van der Waals surface area contributed by atoms with Gasteiger partial charge in [-0.3, -0.25) is 9.69 Å². The van der Waals surface area contributed by atoms with E-state index in [2.05, 4.69) is 5.32 Å². The summed E-state index contributed by atoms with van der Waals surface area (Å²) in [4.78, 5) is 29.4. The smallest absolute Gasteiger partial charge is 0.343 e. The number of amides is 1. The number of carbonyl (C=O) groups is 2. The van der Waals surface area contributed by atoms with Gasteiger partial charge in [0.25, 0.3) is 5.91 Å². The highest BCUT2D eigenvalue weighted by atomic mass is 16.5. The lowest BCUT2D eigenvalue weighted by Gasteiger charge is -2.40. The summed E-state index contributed by atoms with van der Waals surface area (Å²) in [7, 11) is 4.45. The van der Waals surface area contributed by atoms with Crippen molar-refractivity contribution in [2.75, 3.05) is 31.5 Å². The number of anilines is 2. The standard InChI is InChI=1S/C31H30N2O7/c1-17-15-30(2,3)33-26-21(17)13-20(40-28(34)19-11-24(36-4)27(38-6)25(12-19)37-5)14-22(26)31(29(33)35)32-23-10-8-7-9-18(23)16-39-31/h7-15,32H,16H2,1-6H3/t31-/m0/s1. The van der Waals surface area contributed by atoms with Crippen LogP contribution in [0, 0.1) is 0 Å². The van der Waals surface area contributed by atoms with Crippen LogP contribution < -0.4 is 29.2 Å². The van der Waals surface area contributed by atoms with E-state index in [4.69, 9.17) is 23.7 Å². The highest BCUT2D eigenvalue weighted by molar-refractivity contribution is 6.13. The van der Waals surface area contributed by atoms with E-state index in [0.717, 1.165) is 28.1 Å². The third kappa shape index (κ3) is 3.65. The van der Waals surface area contributed by atoms with Gasteiger partial charge >= 0.3 is 5.97 Å². The molecule has 0 saturated carbocycles. The van der Waals surface area contributed by atoms with Gasteiger partial charge in [-0.25, -0.2) is 4.79 Å². The molecule has 1 atom stereocenters. The summed E-state index contributed by atoms with van der Waals surface area (Å²) in [5.41, 5.74) is 3.01. The molecule has 0 radical (unpaired) electrons. The summed E-state index contributed by atoms with van der Waals surface area (Å²) in [5.74, 6) is 0.462. The fourth-order valence-electron chi connectivity index (χ4n) is 5.88. The number of para-hydroxylation sites is 1. The van der Waals surface area contributed by atoms with Crippen LogP contribution in [0.4, 0.5) is 11.4 Å². The Hall–Kier alpha value is -4.50. The molecule has 0 saturated heterocycles. The van der Waals surface area contributed by atoms with E-state index in [-0.39, 0.29) is 23.8 Å². The summed E-state index contributed by atoms with van der Waals surface area (Å²) < 4.78 is 28.4. The molecule has 0 fully saturated rings. The Morgan fingerprint density at radius 3 is 2.38 bits per heavy atom. The van der Waals surface area contributed by atoms with Gasteiger partial charge in [0.1, 0.15) is 5.75 Å². The molecule has 3 aromatic carbocycles. The quantitative estimate of drug-likeness (QED) is 0.344. The normalized spacial score (nSPS) is 19.8. The monoisotopic (exact) mass is 542 g/mol. The van der Waals surface area contributed by atoms with Crippen molar-refractivity contribution in [1.82, 2.24) is 0 Å². The molecule has 0 aliphatic carbocycles. The number of ether oxygens (including phenoxy) is 5. The lowest BCUT2D eigenvalue weighted by Crippen LogP contribution is -2.55. The molecule has 6 rings (SSSR count). The van der Waals surface area contributed by atoms with Gasteiger partial charge < -0.3 is 29.0 Å². The number of nitrogens with one attached hydrogen (secondary N) is 1. The first-order valence-electron chi connectivity index (χ1n) is 12.9. The van der Waals surface area contributed by atoms with Gasteiger partial charge in [-0.1, -0.05) is 24.3 Å². The molecule has 40 heavy (non-hydrogen) atoms. The summed E-state index contributed by atoms with van der Waals surface area (Å²) in [5, 5.41) is 3.38. The van der Waals surface area contributed by atoms with Crippen molar-refractivity contribution >= 4 is 28.8 Å². The fraction of sp³-hybridized carbons (Fsp3) is 0.290. The Labute approximate surface area is 232 Å². The molecule has 3 heterocycles. The maximum Gasteiger partial charge on any atom is 0.343 e. The van der Waals surface area contributed by atoms with Crippen molar-refractivity contribution in [3.8, 4) is 23.0 Å². The van der Waals surface area contributed by atoms with Crippen LogP contribution in [0.3, 0.4) is 0 Å². The van der Waals surface area contributed by atoms with Crippen molar-refractivity contribution in [3.63, 3.8) is 0 Å². The second-order valence-electron chi connectivity index (χ2n) is 10.5. The van der Waals surface area contributed by atoms with Crippen LogP contribution >= 0.6 is 0 Å². The van der Waals surface area contributed by atoms with Gasteiger partial charge in [0, 0.05) is 22.4 Å². The van der Waals surface area contributed by atoms with Crippen LogP contribution in [0.1, 0.15) is 47.8 Å². The zero-order valence-electron chi connectivity index (χ0n) is 23.2. The summed E-state index contributed by atoms with van der Waals surface area (Å²) in [6.07, 6.45) is 2.04. The van der Waals surface area contributed by atoms with Gasteiger partial charge in [-0.05, 0) is 56.7 Å². The molecule has 0 aromatic heterocycles. The van der Waals surface area contributed by atoms with Gasteiger partial charge in [-0.2, -0.15) is 0 Å². The fourth-order valence-corrected chi connectivity index (χ4v) is 5.88. The number of fused-ring (bicyclic) bond motifs is 2. The molecule has 0 bridgehead atoms. The number of esters is 1. The van der Waals surface area contributed by atoms with E-state index in [9.17, 15) is 9.59 Å². The number of hydrogen-bond donors (Lipinski definition) is 1. The van der Waals surface area contributed by atoms with Crippen molar-refractivity contribution in [1.29, 1.82) is 0 Å². The second-order valence-corrected chi connectivity index (χ2v) is 10.5. The largest absolute Gasteiger partial charge is 0.493 e. The van der Waals surface area contributed by atoms with Gasteiger partial charge in [0.05, 0.1) is 44.7 Å². The first kappa shape index (κ1) is 25.8. The van der Waals surface area contributed by atoms with Crippen LogP contribution in [-0.4, -0.2) is 38.7 Å². The zero-order valence-corrected chi connectivity index (χ0v) is 23.2. The lowest BCUT2D eigenvalue weighted by atomic mass is 9.88. The Bertz CT molecular complexity index is 1580. The number of nitrogens with zero attached hydrogens (tertiary/aromatic N) is 1. The highest BCUT2D eigenvalue weighted by Crippen LogP contribution is 2.55. The molecule has 3 aliphatic rings. The Balaban J connectivity index is 1.47. The Kier molecular flexibility index (Phi) is 5.81. The second kappa shape index (κ2) is 9.02. The number of rotatable bonds is 5. The van der Waals surface area contributed by atoms with Crippen LogP contribution in [0.15, 0.2) is 54.6 Å². The van der Waals surface area contributed by atoms with Crippen molar-refractivity contribution < 1.29 is 33.3 Å². The van der Waals surface area contributed by atoms with Crippen molar-refractivity contribution in [3.05, 3.63) is 76.9 Å². The minimum atomic E-state index is -1.47. The van der Waals surface area contributed by atoms with E-state index in [0.29, 0.717) is 22.8 Å². The van der Waals surface area contributed by atoms with Gasteiger partial charge in [0.2, 0.25) is 11.5 Å². The summed E-state index contributed by atoms with van der Waals surface area (Å²) in [6.45, 7) is 6.23. The first-order valence-corrected chi connectivity index (χ1v) is 12.9. The molecule has 1 spiro atoms. The zero-order chi connectivity index (χ0) is 28.4. The molecule has 0 unspecified atom stereocenters. The van der Waals surface area contributed by atoms with Gasteiger partial charge in [-0.15, -0.1) is 0 Å². The molecule has 9 heteroatoms. The number of carbonyl (C=O) groups excluding carboxylic acids is 2. The third-order valence-corrected chi connectivity index (χ3v) is 7.64. The van der Waals surface area contributed by atoms with Crippen molar-refractivity contribution in [2.24, 2.45) is 0 Å². The number of allylic oxidation sites excluding steroid dienone is 1. The van der Waals surface area contributed by atoms with E-state index in [1.54, 1.807) is 17.0 Å².